The van der Waals surface area contributed by atoms with Gasteiger partial charge < -0.3 is 20.4 Å². The summed E-state index contributed by atoms with van der Waals surface area (Å²) in [4.78, 5) is 26.7. The highest BCUT2D eigenvalue weighted by molar-refractivity contribution is 8.08. The number of phenols is 2. The van der Waals surface area contributed by atoms with Gasteiger partial charge in [-0.25, -0.2) is 0 Å². The third kappa shape index (κ3) is 3.08. The summed E-state index contributed by atoms with van der Waals surface area (Å²) in [5, 5.41) is 42.1. The Balaban J connectivity index is 2.28. The number of Topliss-reactive ketones (excluding diaryl/α,β-unsaturated/α-hetero) is 2. The van der Waals surface area contributed by atoms with E-state index in [4.69, 9.17) is 0 Å². The van der Waals surface area contributed by atoms with Crippen molar-refractivity contribution in [3.63, 3.8) is 0 Å². The van der Waals surface area contributed by atoms with E-state index in [1.54, 1.807) is 0 Å². The second-order valence-electron chi connectivity index (χ2n) is 6.84. The van der Waals surface area contributed by atoms with Crippen molar-refractivity contribution < 1.29 is 30.0 Å². The molecule has 1 aromatic rings. The molecule has 0 fully saturated rings. The van der Waals surface area contributed by atoms with Gasteiger partial charge in [0.1, 0.15) is 11.5 Å². The molecule has 6 nitrogen and oxygen atoms in total. The van der Waals surface area contributed by atoms with E-state index in [1.807, 2.05) is 13.8 Å². The number of rotatable bonds is 4. The highest BCUT2D eigenvalue weighted by Crippen LogP contribution is 2.49. The second kappa shape index (κ2) is 7.16. The molecule has 3 rings (SSSR count). The largest absolute Gasteiger partial charge is 0.507 e. The molecule has 0 spiro atoms. The normalized spacial score (nSPS) is 24.9. The van der Waals surface area contributed by atoms with Crippen molar-refractivity contribution in [2.75, 3.05) is 11.5 Å². The molecule has 1 aromatic carbocycles. The smallest absolute Gasteiger partial charge is 0.205 e. The summed E-state index contributed by atoms with van der Waals surface area (Å²) < 4.78 is 0. The zero-order chi connectivity index (χ0) is 20.1. The topological polar surface area (TPSA) is 115 Å². The summed E-state index contributed by atoms with van der Waals surface area (Å²) in [6.45, 7) is 5.15. The number of allylic oxidation sites excluding steroid dienone is 2. The number of thioether (sulfide) groups is 2. The standard InChI is InChI=1S/C19H22O6S2/c1-4-26-17-15(23)11-12(16(24)18(17)27-5-2)14(22)9-7-19(3,25)10(20)6-8(9)13(11)21/h10,20-22,25H,4-7H2,1-3H3/t10-,19+/m1/s1. The number of phenolic OH excluding ortho intramolecular Hbond substituents is 2. The molecule has 8 heteroatoms. The van der Waals surface area contributed by atoms with Crippen molar-refractivity contribution >= 4 is 35.1 Å². The fourth-order valence-corrected chi connectivity index (χ4v) is 5.39. The van der Waals surface area contributed by atoms with E-state index in [0.717, 1.165) is 0 Å². The quantitative estimate of drug-likeness (QED) is 0.560. The van der Waals surface area contributed by atoms with Crippen LogP contribution < -0.4 is 0 Å². The van der Waals surface area contributed by atoms with E-state index >= 15 is 0 Å². The Morgan fingerprint density at radius 1 is 0.963 bits per heavy atom. The van der Waals surface area contributed by atoms with Crippen molar-refractivity contribution in [1.29, 1.82) is 0 Å². The molecule has 0 aliphatic heterocycles. The predicted octanol–water partition coefficient (Wildman–Crippen LogP) is 2.41. The lowest BCUT2D eigenvalue weighted by Crippen LogP contribution is -2.46. The molecule has 0 bridgehead atoms. The first-order valence-corrected chi connectivity index (χ1v) is 10.7. The van der Waals surface area contributed by atoms with Crippen molar-refractivity contribution in [3.8, 4) is 11.5 Å². The number of ketones is 2. The van der Waals surface area contributed by atoms with Gasteiger partial charge in [0.05, 0.1) is 32.6 Å². The number of aliphatic hydroxyl groups is 2. The van der Waals surface area contributed by atoms with Crippen LogP contribution in [0.3, 0.4) is 0 Å². The van der Waals surface area contributed by atoms with Crippen LogP contribution in [0.5, 0.6) is 11.5 Å². The first-order valence-electron chi connectivity index (χ1n) is 8.74. The first kappa shape index (κ1) is 20.3. The summed E-state index contributed by atoms with van der Waals surface area (Å²) in [5.41, 5.74) is -1.51. The molecule has 0 radical (unpaired) electrons. The van der Waals surface area contributed by atoms with Gasteiger partial charge >= 0.3 is 0 Å². The van der Waals surface area contributed by atoms with Gasteiger partial charge in [0, 0.05) is 24.0 Å². The second-order valence-corrected chi connectivity index (χ2v) is 9.39. The Hall–Kier alpha value is -1.48. The highest BCUT2D eigenvalue weighted by Gasteiger charge is 2.44. The van der Waals surface area contributed by atoms with Gasteiger partial charge in [0.2, 0.25) is 11.6 Å². The summed E-state index contributed by atoms with van der Waals surface area (Å²) in [5.74, 6) is -0.602. The number of fused-ring (bicyclic) bond motifs is 2. The zero-order valence-electron chi connectivity index (χ0n) is 15.3. The number of hydrogen-bond donors (Lipinski definition) is 4. The van der Waals surface area contributed by atoms with Crippen molar-refractivity contribution in [2.24, 2.45) is 0 Å². The van der Waals surface area contributed by atoms with Gasteiger partial charge in [-0.3, -0.25) is 9.59 Å². The Bertz CT molecular complexity index is 872. The molecule has 0 amide bonds. The van der Waals surface area contributed by atoms with Crippen LogP contribution >= 0.6 is 23.5 Å². The minimum Gasteiger partial charge on any atom is -0.507 e. The van der Waals surface area contributed by atoms with Gasteiger partial charge in [-0.05, 0) is 18.4 Å². The fourth-order valence-electron chi connectivity index (χ4n) is 3.55. The van der Waals surface area contributed by atoms with E-state index < -0.39 is 29.0 Å². The highest BCUT2D eigenvalue weighted by atomic mass is 32.2. The summed E-state index contributed by atoms with van der Waals surface area (Å²) in [6.07, 6.45) is -1.41. The number of benzene rings is 1. The van der Waals surface area contributed by atoms with E-state index in [9.17, 15) is 30.0 Å². The maximum Gasteiger partial charge on any atom is 0.205 e. The van der Waals surface area contributed by atoms with Crippen molar-refractivity contribution in [3.05, 3.63) is 32.1 Å². The minimum absolute atomic E-state index is 0.118. The number of carbonyl (C=O) groups excluding carboxylic acids is 2. The zero-order valence-corrected chi connectivity index (χ0v) is 17.0. The Morgan fingerprint density at radius 2 is 1.41 bits per heavy atom. The molecule has 0 unspecified atom stereocenters. The van der Waals surface area contributed by atoms with Crippen molar-refractivity contribution in [2.45, 2.75) is 45.3 Å². The third-order valence-corrected chi connectivity index (χ3v) is 7.02. The van der Waals surface area contributed by atoms with Gasteiger partial charge in [0.15, 0.2) is 0 Å². The average molecular weight is 411 g/mol. The molecule has 2 atom stereocenters. The molecule has 0 saturated carbocycles. The van der Waals surface area contributed by atoms with Crippen LogP contribution in [-0.4, -0.2) is 55.2 Å². The first-order chi connectivity index (χ1) is 12.7. The summed E-state index contributed by atoms with van der Waals surface area (Å²) >= 11 is 2.47. The van der Waals surface area contributed by atoms with Gasteiger partial charge in [0.25, 0.3) is 0 Å². The molecule has 0 heterocycles. The SMILES string of the molecule is CCSC1=C(SCC)C(=O)c2c(O)c3c(c(O)c2C1=O)C[C@@H](O)[C@@](C)(O)C3. The van der Waals surface area contributed by atoms with Crippen molar-refractivity contribution in [1.82, 2.24) is 0 Å². The van der Waals surface area contributed by atoms with E-state index in [-0.39, 0.29) is 50.7 Å². The Morgan fingerprint density at radius 3 is 1.85 bits per heavy atom. The summed E-state index contributed by atoms with van der Waals surface area (Å²) in [6, 6.07) is 0. The molecule has 2 aliphatic rings. The van der Waals surface area contributed by atoms with E-state index in [0.29, 0.717) is 11.5 Å². The number of hydrogen-bond acceptors (Lipinski definition) is 8. The maximum atomic E-state index is 13.1. The van der Waals surface area contributed by atoms with Crippen LogP contribution in [0.25, 0.3) is 0 Å². The van der Waals surface area contributed by atoms with Crippen LogP contribution in [-0.2, 0) is 12.8 Å². The summed E-state index contributed by atoms with van der Waals surface area (Å²) in [7, 11) is 0. The molecule has 0 aromatic heterocycles. The molecule has 2 aliphatic carbocycles. The average Bonchev–Trinajstić information content (AvgIpc) is 2.60. The monoisotopic (exact) mass is 410 g/mol. The van der Waals surface area contributed by atoms with Gasteiger partial charge in [-0.1, -0.05) is 13.8 Å². The molecule has 146 valence electrons. The lowest BCUT2D eigenvalue weighted by molar-refractivity contribution is -0.0668. The Kier molecular flexibility index (Phi) is 5.37. The van der Waals surface area contributed by atoms with Crippen LogP contribution in [0.2, 0.25) is 0 Å². The third-order valence-electron chi connectivity index (χ3n) is 4.96. The number of aliphatic hydroxyl groups excluding tert-OH is 1. The van der Waals surface area contributed by atoms with Crippen LogP contribution in [0.15, 0.2) is 9.81 Å². The van der Waals surface area contributed by atoms with Gasteiger partial charge in [-0.15, -0.1) is 23.5 Å². The fraction of sp³-hybridized carbons (Fsp3) is 0.474. The number of aromatic hydroxyl groups is 2. The maximum absolute atomic E-state index is 13.1. The minimum atomic E-state index is -1.51. The Labute approximate surface area is 165 Å². The van der Waals surface area contributed by atoms with Crippen LogP contribution in [0.4, 0.5) is 0 Å². The molecular weight excluding hydrogens is 388 g/mol. The van der Waals surface area contributed by atoms with Crippen LogP contribution in [0, 0.1) is 0 Å². The molecule has 27 heavy (non-hydrogen) atoms. The lowest BCUT2D eigenvalue weighted by Gasteiger charge is -2.36. The van der Waals surface area contributed by atoms with Gasteiger partial charge in [-0.2, -0.15) is 0 Å². The lowest BCUT2D eigenvalue weighted by atomic mass is 9.75. The molecule has 0 saturated heterocycles. The molecule has 4 N–H and O–H groups in total. The predicted molar refractivity (Wildman–Crippen MR) is 106 cm³/mol. The number of carbonyl (C=O) groups is 2. The van der Waals surface area contributed by atoms with Crippen LogP contribution in [0.1, 0.15) is 52.6 Å². The molecular formula is C19H22O6S2. The van der Waals surface area contributed by atoms with E-state index in [1.165, 1.54) is 30.4 Å². The van der Waals surface area contributed by atoms with E-state index in [2.05, 4.69) is 0 Å².